The van der Waals surface area contributed by atoms with Gasteiger partial charge < -0.3 is 19.5 Å². The van der Waals surface area contributed by atoms with Crippen LogP contribution in [-0.2, 0) is 11.4 Å². The molecule has 0 aliphatic rings. The van der Waals surface area contributed by atoms with Crippen molar-refractivity contribution >= 4 is 29.3 Å². The summed E-state index contributed by atoms with van der Waals surface area (Å²) >= 11 is 6.20. The molecule has 0 aliphatic carbocycles. The largest absolute Gasteiger partial charge is 0.497 e. The number of nitrogens with zero attached hydrogens (tertiary/aromatic N) is 1. The van der Waals surface area contributed by atoms with Gasteiger partial charge in [0.05, 0.1) is 13.7 Å². The molecule has 0 radical (unpaired) electrons. The fourth-order valence-corrected chi connectivity index (χ4v) is 3.15. The highest BCUT2D eigenvalue weighted by molar-refractivity contribution is 6.31. The minimum absolute atomic E-state index is 0.0435. The molecule has 3 aromatic carbocycles. The lowest BCUT2D eigenvalue weighted by atomic mass is 10.1. The van der Waals surface area contributed by atoms with Crippen LogP contribution < -0.4 is 19.5 Å². The lowest BCUT2D eigenvalue weighted by Crippen LogP contribution is -2.13. The molecule has 0 aliphatic heterocycles. The number of carbonyl (C=O) groups is 1. The SMILES string of the molecule is CCOc1cc(/C=C(/C#N)C(=O)Nc2ccc(OC)cc2)ccc1OCc1ccccc1Cl. The molecule has 0 unspecified atom stereocenters. The summed E-state index contributed by atoms with van der Waals surface area (Å²) in [6.07, 6.45) is 1.50. The zero-order valence-electron chi connectivity index (χ0n) is 18.3. The Hall–Kier alpha value is -3.95. The van der Waals surface area contributed by atoms with Gasteiger partial charge in [-0.25, -0.2) is 0 Å². The molecule has 0 saturated carbocycles. The van der Waals surface area contributed by atoms with Crippen molar-refractivity contribution in [2.75, 3.05) is 19.0 Å². The van der Waals surface area contributed by atoms with Crippen molar-refractivity contribution in [1.82, 2.24) is 0 Å². The lowest BCUT2D eigenvalue weighted by Gasteiger charge is -2.13. The van der Waals surface area contributed by atoms with E-state index in [-0.39, 0.29) is 12.2 Å². The fourth-order valence-electron chi connectivity index (χ4n) is 2.96. The third-order valence-electron chi connectivity index (χ3n) is 4.63. The van der Waals surface area contributed by atoms with Crippen LogP contribution in [0.1, 0.15) is 18.1 Å². The zero-order valence-corrected chi connectivity index (χ0v) is 19.1. The molecule has 1 N–H and O–H groups in total. The fraction of sp³-hybridized carbons (Fsp3) is 0.154. The van der Waals surface area contributed by atoms with E-state index in [9.17, 15) is 10.1 Å². The van der Waals surface area contributed by atoms with Crippen molar-refractivity contribution in [3.8, 4) is 23.3 Å². The molecule has 0 fully saturated rings. The van der Waals surface area contributed by atoms with Crippen LogP contribution in [0.15, 0.2) is 72.3 Å². The van der Waals surface area contributed by atoms with E-state index in [2.05, 4.69) is 5.32 Å². The van der Waals surface area contributed by atoms with E-state index >= 15 is 0 Å². The molecule has 0 spiro atoms. The average Bonchev–Trinajstić information content (AvgIpc) is 2.83. The van der Waals surface area contributed by atoms with Crippen LogP contribution in [-0.4, -0.2) is 19.6 Å². The lowest BCUT2D eigenvalue weighted by molar-refractivity contribution is -0.112. The van der Waals surface area contributed by atoms with Crippen molar-refractivity contribution in [3.05, 3.63) is 88.5 Å². The van der Waals surface area contributed by atoms with Crippen molar-refractivity contribution < 1.29 is 19.0 Å². The Morgan fingerprint density at radius 2 is 1.82 bits per heavy atom. The van der Waals surface area contributed by atoms with Crippen LogP contribution >= 0.6 is 11.6 Å². The van der Waals surface area contributed by atoms with Gasteiger partial charge in [0.25, 0.3) is 5.91 Å². The summed E-state index contributed by atoms with van der Waals surface area (Å²) in [6, 6.07) is 21.5. The van der Waals surface area contributed by atoms with Gasteiger partial charge in [0.1, 0.15) is 24.0 Å². The molecule has 0 atom stereocenters. The zero-order chi connectivity index (χ0) is 23.6. The van der Waals surface area contributed by atoms with Crippen LogP contribution in [0, 0.1) is 11.3 Å². The van der Waals surface area contributed by atoms with Crippen LogP contribution in [0.4, 0.5) is 5.69 Å². The number of ether oxygens (including phenoxy) is 3. The number of halogens is 1. The molecule has 1 amide bonds. The van der Waals surface area contributed by atoms with Gasteiger partial charge in [0.2, 0.25) is 0 Å². The molecular weight excluding hydrogens is 440 g/mol. The standard InChI is InChI=1S/C26H23ClN2O4/c1-3-32-25-15-18(8-13-24(25)33-17-19-6-4-5-7-23(19)27)14-20(16-28)26(30)29-21-9-11-22(31-2)12-10-21/h4-15H,3,17H2,1-2H3,(H,29,30)/b20-14-. The molecule has 7 heteroatoms. The normalized spacial score (nSPS) is 10.8. The van der Waals surface area contributed by atoms with Crippen LogP contribution in [0.5, 0.6) is 17.2 Å². The Balaban J connectivity index is 1.77. The molecule has 33 heavy (non-hydrogen) atoms. The van der Waals surface area contributed by atoms with E-state index in [1.807, 2.05) is 31.2 Å². The number of nitriles is 1. The van der Waals surface area contributed by atoms with E-state index < -0.39 is 5.91 Å². The maximum Gasteiger partial charge on any atom is 0.266 e. The summed E-state index contributed by atoms with van der Waals surface area (Å²) in [5, 5.41) is 12.8. The monoisotopic (exact) mass is 462 g/mol. The first kappa shape index (κ1) is 23.7. The first-order valence-corrected chi connectivity index (χ1v) is 10.6. The summed E-state index contributed by atoms with van der Waals surface area (Å²) in [7, 11) is 1.56. The topological polar surface area (TPSA) is 80.6 Å². The quantitative estimate of drug-likeness (QED) is 0.317. The predicted octanol–water partition coefficient (Wildman–Crippen LogP) is 5.87. The second kappa shape index (κ2) is 11.6. The summed E-state index contributed by atoms with van der Waals surface area (Å²) in [4.78, 5) is 12.6. The molecule has 3 rings (SSSR count). The molecule has 6 nitrogen and oxygen atoms in total. The number of hydrogen-bond acceptors (Lipinski definition) is 5. The highest BCUT2D eigenvalue weighted by atomic mass is 35.5. The van der Waals surface area contributed by atoms with Crippen molar-refractivity contribution in [2.45, 2.75) is 13.5 Å². The van der Waals surface area contributed by atoms with Gasteiger partial charge in [0.15, 0.2) is 11.5 Å². The van der Waals surface area contributed by atoms with Gasteiger partial charge in [0, 0.05) is 16.3 Å². The highest BCUT2D eigenvalue weighted by Crippen LogP contribution is 2.31. The number of nitrogens with one attached hydrogen (secondary N) is 1. The van der Waals surface area contributed by atoms with E-state index in [0.717, 1.165) is 5.56 Å². The first-order valence-electron chi connectivity index (χ1n) is 10.2. The Kier molecular flexibility index (Phi) is 8.34. The van der Waals surface area contributed by atoms with Gasteiger partial charge in [-0.1, -0.05) is 35.9 Å². The van der Waals surface area contributed by atoms with Gasteiger partial charge >= 0.3 is 0 Å². The van der Waals surface area contributed by atoms with Crippen LogP contribution in [0.2, 0.25) is 5.02 Å². The smallest absolute Gasteiger partial charge is 0.266 e. The van der Waals surface area contributed by atoms with Crippen LogP contribution in [0.25, 0.3) is 6.08 Å². The predicted molar refractivity (Wildman–Crippen MR) is 129 cm³/mol. The molecule has 0 heterocycles. The number of rotatable bonds is 9. The van der Waals surface area contributed by atoms with E-state index in [1.165, 1.54) is 6.08 Å². The number of amides is 1. The van der Waals surface area contributed by atoms with E-state index in [4.69, 9.17) is 25.8 Å². The van der Waals surface area contributed by atoms with Gasteiger partial charge in [-0.15, -0.1) is 0 Å². The molecule has 3 aromatic rings. The van der Waals surface area contributed by atoms with Crippen molar-refractivity contribution in [3.63, 3.8) is 0 Å². The maximum absolute atomic E-state index is 12.6. The summed E-state index contributed by atoms with van der Waals surface area (Å²) in [5.41, 5.74) is 2.00. The Morgan fingerprint density at radius 1 is 1.06 bits per heavy atom. The van der Waals surface area contributed by atoms with Gasteiger partial charge in [-0.05, 0) is 61.0 Å². The molecule has 168 valence electrons. The van der Waals surface area contributed by atoms with E-state index in [0.29, 0.717) is 40.1 Å². The molecular formula is C26H23ClN2O4. The van der Waals surface area contributed by atoms with Crippen molar-refractivity contribution in [2.24, 2.45) is 0 Å². The number of carbonyl (C=O) groups excluding carboxylic acids is 1. The Morgan fingerprint density at radius 3 is 2.48 bits per heavy atom. The number of methoxy groups -OCH3 is 1. The number of anilines is 1. The minimum atomic E-state index is -0.514. The summed E-state index contributed by atoms with van der Waals surface area (Å²) < 4.78 is 16.7. The number of hydrogen-bond donors (Lipinski definition) is 1. The van der Waals surface area contributed by atoms with Crippen LogP contribution in [0.3, 0.4) is 0 Å². The molecule has 0 saturated heterocycles. The molecule has 0 bridgehead atoms. The van der Waals surface area contributed by atoms with Crippen molar-refractivity contribution in [1.29, 1.82) is 5.26 Å². The van der Waals surface area contributed by atoms with E-state index in [1.54, 1.807) is 55.6 Å². The number of benzene rings is 3. The summed E-state index contributed by atoms with van der Waals surface area (Å²) in [5.74, 6) is 1.20. The van der Waals surface area contributed by atoms with Gasteiger partial charge in [-0.2, -0.15) is 5.26 Å². The average molecular weight is 463 g/mol. The third kappa shape index (κ3) is 6.52. The Labute approximate surface area is 198 Å². The van der Waals surface area contributed by atoms with Gasteiger partial charge in [-0.3, -0.25) is 4.79 Å². The maximum atomic E-state index is 12.6. The second-order valence-corrected chi connectivity index (χ2v) is 7.28. The second-order valence-electron chi connectivity index (χ2n) is 6.87. The minimum Gasteiger partial charge on any atom is -0.497 e. The Bertz CT molecular complexity index is 1180. The first-order chi connectivity index (χ1) is 16.0. The summed E-state index contributed by atoms with van der Waals surface area (Å²) in [6.45, 7) is 2.57. The molecule has 0 aromatic heterocycles. The third-order valence-corrected chi connectivity index (χ3v) is 5.00. The highest BCUT2D eigenvalue weighted by Gasteiger charge is 2.12.